The summed E-state index contributed by atoms with van der Waals surface area (Å²) in [6, 6.07) is 5.64. The summed E-state index contributed by atoms with van der Waals surface area (Å²) < 4.78 is 16.6. The number of nitrogens with one attached hydrogen (secondary N) is 2. The normalized spacial score (nSPS) is 31.5. The Morgan fingerprint density at radius 1 is 1.02 bits per heavy atom. The van der Waals surface area contributed by atoms with Crippen LogP contribution in [0.4, 0.5) is 9.59 Å². The van der Waals surface area contributed by atoms with Crippen LogP contribution in [0.5, 0.6) is 0 Å². The predicted octanol–water partition coefficient (Wildman–Crippen LogP) is 2.47. The van der Waals surface area contributed by atoms with Crippen LogP contribution in [0, 0.1) is 5.92 Å². The number of hydrogen-bond acceptors (Lipinski definition) is 8. The summed E-state index contributed by atoms with van der Waals surface area (Å²) in [4.78, 5) is 69.0. The van der Waals surface area contributed by atoms with Gasteiger partial charge in [-0.1, -0.05) is 49.3 Å². The number of carboxylic acid groups (broad SMARTS) is 1. The number of carbonyl (C=O) groups is 5. The predicted molar refractivity (Wildman–Crippen MR) is 158 cm³/mol. The smallest absolute Gasteiger partial charge is 0.410 e. The lowest BCUT2D eigenvalue weighted by Crippen LogP contribution is -2.56. The molecular formula is C32H40N4O9. The Bertz CT molecular complexity index is 1340. The van der Waals surface area contributed by atoms with Crippen molar-refractivity contribution in [3.63, 3.8) is 0 Å². The van der Waals surface area contributed by atoms with Gasteiger partial charge in [-0.05, 0) is 36.8 Å². The van der Waals surface area contributed by atoms with E-state index in [0.717, 1.165) is 30.4 Å². The molecule has 1 aromatic rings. The Morgan fingerprint density at radius 2 is 1.80 bits per heavy atom. The number of ether oxygens (including phenoxy) is 3. The first-order valence-corrected chi connectivity index (χ1v) is 15.8. The van der Waals surface area contributed by atoms with E-state index in [1.54, 1.807) is 4.90 Å². The molecule has 3 N–H and O–H groups in total. The van der Waals surface area contributed by atoms with Gasteiger partial charge in [-0.3, -0.25) is 14.5 Å². The molecule has 3 fully saturated rings. The standard InChI is InChI=1S/C32H40N4O9/c37-27-26-14-24(45-31(42)35-16-20-8-6-7-9-21(20)17-35)18-36(26)28(38)25(33-30(41)44-23-12-13-43-19-23)11-5-3-1-2-4-10-22-15-32(22,34-27)29(39)40/h4,6-10,22-26H,1-3,5,11-19H2,(H,33,41)(H,34,37)(H,39,40)/t22-,23+,24-,25+,26+,32-/m1/s1. The lowest BCUT2D eigenvalue weighted by molar-refractivity contribution is -0.145. The zero-order valence-electron chi connectivity index (χ0n) is 25.2. The maximum Gasteiger partial charge on any atom is 0.410 e. The van der Waals surface area contributed by atoms with Crippen LogP contribution in [0.3, 0.4) is 0 Å². The number of carboxylic acids is 1. The Labute approximate surface area is 261 Å². The average molecular weight is 625 g/mol. The fourth-order valence-electron chi connectivity index (χ4n) is 6.76. The highest BCUT2D eigenvalue weighted by atomic mass is 16.6. The van der Waals surface area contributed by atoms with Crippen molar-refractivity contribution < 1.29 is 43.3 Å². The van der Waals surface area contributed by atoms with E-state index in [2.05, 4.69) is 10.6 Å². The Morgan fingerprint density at radius 3 is 2.51 bits per heavy atom. The van der Waals surface area contributed by atoms with Gasteiger partial charge in [-0.15, -0.1) is 0 Å². The van der Waals surface area contributed by atoms with E-state index in [9.17, 15) is 29.1 Å². The molecule has 0 unspecified atom stereocenters. The van der Waals surface area contributed by atoms with Crippen molar-refractivity contribution in [3.8, 4) is 0 Å². The molecule has 4 heterocycles. The largest absolute Gasteiger partial charge is 0.479 e. The van der Waals surface area contributed by atoms with Gasteiger partial charge in [0.15, 0.2) is 0 Å². The van der Waals surface area contributed by atoms with Gasteiger partial charge in [-0.25, -0.2) is 14.4 Å². The Hall–Kier alpha value is -4.13. The van der Waals surface area contributed by atoms with Crippen LogP contribution in [0.1, 0.15) is 62.5 Å². The summed E-state index contributed by atoms with van der Waals surface area (Å²) in [5, 5.41) is 15.5. The average Bonchev–Trinajstić information content (AvgIpc) is 3.43. The van der Waals surface area contributed by atoms with E-state index >= 15 is 0 Å². The number of allylic oxidation sites excluding steroid dienone is 1. The molecule has 1 aliphatic carbocycles. The molecule has 6 rings (SSSR count). The monoisotopic (exact) mass is 624 g/mol. The second kappa shape index (κ2) is 13.1. The topological polar surface area (TPSA) is 164 Å². The minimum Gasteiger partial charge on any atom is -0.479 e. The van der Waals surface area contributed by atoms with Crippen molar-refractivity contribution in [3.05, 3.63) is 47.5 Å². The Kier molecular flexibility index (Phi) is 8.97. The fourth-order valence-corrected chi connectivity index (χ4v) is 6.76. The van der Waals surface area contributed by atoms with Gasteiger partial charge in [0, 0.05) is 31.8 Å². The lowest BCUT2D eigenvalue weighted by atomic mass is 10.0. The second-order valence-corrected chi connectivity index (χ2v) is 12.6. The van der Waals surface area contributed by atoms with Crippen LogP contribution in [0.25, 0.3) is 0 Å². The van der Waals surface area contributed by atoms with Crippen LogP contribution in [-0.4, -0.2) is 94.5 Å². The van der Waals surface area contributed by atoms with E-state index < -0.39 is 59.8 Å². The van der Waals surface area contributed by atoms with Gasteiger partial charge in [0.05, 0.1) is 19.8 Å². The van der Waals surface area contributed by atoms with Crippen LogP contribution in [0.15, 0.2) is 36.4 Å². The van der Waals surface area contributed by atoms with Crippen molar-refractivity contribution in [1.82, 2.24) is 20.4 Å². The van der Waals surface area contributed by atoms with Crippen LogP contribution in [-0.2, 0) is 41.7 Å². The number of nitrogens with zero attached hydrogens (tertiary/aromatic N) is 2. The zero-order chi connectivity index (χ0) is 31.6. The van der Waals surface area contributed by atoms with Crippen molar-refractivity contribution in [2.45, 2.75) is 94.3 Å². The number of fused-ring (bicyclic) bond motifs is 3. The first kappa shape index (κ1) is 30.9. The van der Waals surface area contributed by atoms with E-state index in [1.165, 1.54) is 4.90 Å². The molecule has 242 valence electrons. The molecule has 13 nitrogen and oxygen atoms in total. The number of carbonyl (C=O) groups excluding carboxylic acids is 4. The first-order valence-electron chi connectivity index (χ1n) is 15.8. The maximum absolute atomic E-state index is 14.1. The minimum absolute atomic E-state index is 0.00309. The van der Waals surface area contributed by atoms with Crippen LogP contribution < -0.4 is 10.6 Å². The van der Waals surface area contributed by atoms with Crippen LogP contribution >= 0.6 is 0 Å². The number of benzene rings is 1. The molecular weight excluding hydrogens is 584 g/mol. The van der Waals surface area contributed by atoms with E-state index in [0.29, 0.717) is 39.0 Å². The number of alkyl carbamates (subject to hydrolysis) is 1. The summed E-state index contributed by atoms with van der Waals surface area (Å²) >= 11 is 0. The quantitative estimate of drug-likeness (QED) is 0.427. The van der Waals surface area contributed by atoms with Crippen molar-refractivity contribution in [1.29, 1.82) is 0 Å². The molecule has 2 saturated heterocycles. The van der Waals surface area contributed by atoms with Crippen LogP contribution in [0.2, 0.25) is 0 Å². The van der Waals surface area contributed by atoms with Gasteiger partial charge < -0.3 is 34.9 Å². The van der Waals surface area contributed by atoms with Gasteiger partial charge in [0.2, 0.25) is 11.8 Å². The van der Waals surface area contributed by atoms with E-state index in [4.69, 9.17) is 14.2 Å². The summed E-state index contributed by atoms with van der Waals surface area (Å²) in [7, 11) is 0. The first-order chi connectivity index (χ1) is 21.7. The molecule has 4 aliphatic heterocycles. The molecule has 45 heavy (non-hydrogen) atoms. The van der Waals surface area contributed by atoms with Gasteiger partial charge in [0.25, 0.3) is 0 Å². The molecule has 13 heteroatoms. The fraction of sp³-hybridized carbons (Fsp3) is 0.594. The SMILES string of the molecule is O=C(N[C@H]1CCCCCC=C[C@@H]2C[C@@]2(C(=O)O)NC(=O)[C@@H]2C[C@@H](OC(=O)N3Cc4ccccc4C3)CN2C1=O)O[C@H]1CCOC1. The number of rotatable bonds is 4. The molecule has 4 amide bonds. The highest BCUT2D eigenvalue weighted by Gasteiger charge is 2.61. The van der Waals surface area contributed by atoms with Gasteiger partial charge in [0.1, 0.15) is 29.8 Å². The molecule has 1 saturated carbocycles. The summed E-state index contributed by atoms with van der Waals surface area (Å²) in [6.45, 7) is 1.49. The minimum atomic E-state index is -1.45. The molecule has 0 radical (unpaired) electrons. The highest BCUT2D eigenvalue weighted by molar-refractivity contribution is 5.96. The Balaban J connectivity index is 1.20. The molecule has 0 spiro atoms. The summed E-state index contributed by atoms with van der Waals surface area (Å²) in [5.74, 6) is -2.64. The molecule has 0 bridgehead atoms. The molecule has 1 aromatic carbocycles. The summed E-state index contributed by atoms with van der Waals surface area (Å²) in [5.41, 5.74) is 0.601. The third-order valence-electron chi connectivity index (χ3n) is 9.44. The van der Waals surface area contributed by atoms with E-state index in [-0.39, 0.29) is 31.9 Å². The molecule has 5 aliphatic rings. The third-order valence-corrected chi connectivity index (χ3v) is 9.44. The highest BCUT2D eigenvalue weighted by Crippen LogP contribution is 2.45. The van der Waals surface area contributed by atoms with Crippen molar-refractivity contribution in [2.24, 2.45) is 5.92 Å². The number of aliphatic carboxylic acids is 1. The van der Waals surface area contributed by atoms with E-state index in [1.807, 2.05) is 36.4 Å². The third kappa shape index (κ3) is 6.77. The summed E-state index contributed by atoms with van der Waals surface area (Å²) in [6.07, 6.45) is 5.39. The second-order valence-electron chi connectivity index (χ2n) is 12.6. The van der Waals surface area contributed by atoms with Gasteiger partial charge in [-0.2, -0.15) is 0 Å². The number of amides is 4. The maximum atomic E-state index is 14.1. The molecule has 6 atom stereocenters. The zero-order valence-corrected chi connectivity index (χ0v) is 25.2. The molecule has 0 aromatic heterocycles. The van der Waals surface area contributed by atoms with Gasteiger partial charge >= 0.3 is 18.2 Å². The lowest BCUT2D eigenvalue weighted by Gasteiger charge is -2.29. The van der Waals surface area contributed by atoms with Crippen molar-refractivity contribution >= 4 is 30.0 Å². The van der Waals surface area contributed by atoms with Crippen molar-refractivity contribution in [2.75, 3.05) is 19.8 Å². The number of hydrogen-bond donors (Lipinski definition) is 3.